The molecule has 0 aliphatic heterocycles. The molecular weight excluding hydrogens is 349 g/mol. The van der Waals surface area contributed by atoms with Gasteiger partial charge in [-0.3, -0.25) is 9.36 Å². The summed E-state index contributed by atoms with van der Waals surface area (Å²) in [6, 6.07) is 1.77. The van der Waals surface area contributed by atoms with Crippen molar-refractivity contribution in [1.82, 2.24) is 14.7 Å². The van der Waals surface area contributed by atoms with Gasteiger partial charge in [-0.15, -0.1) is 0 Å². The molecule has 7 heteroatoms. The lowest BCUT2D eigenvalue weighted by Gasteiger charge is -2.06. The molecule has 96 valence electrons. The number of ether oxygens (including phenoxy) is 1. The fourth-order valence-electron chi connectivity index (χ4n) is 1.54. The summed E-state index contributed by atoms with van der Waals surface area (Å²) in [7, 11) is 1.58. The van der Waals surface area contributed by atoms with Crippen molar-refractivity contribution in [1.29, 1.82) is 0 Å². The molecule has 2 rings (SSSR count). The van der Waals surface area contributed by atoms with Crippen molar-refractivity contribution < 1.29 is 9.26 Å². The summed E-state index contributed by atoms with van der Waals surface area (Å²) in [4.78, 5) is 16.1. The quantitative estimate of drug-likeness (QED) is 0.769. The van der Waals surface area contributed by atoms with Crippen LogP contribution in [-0.2, 0) is 17.9 Å². The first-order valence-corrected chi connectivity index (χ1v) is 6.35. The number of aromatic nitrogens is 3. The summed E-state index contributed by atoms with van der Waals surface area (Å²) in [6.45, 7) is 2.50. The van der Waals surface area contributed by atoms with Crippen LogP contribution in [0.15, 0.2) is 21.6 Å². The number of aryl methyl sites for hydroxylation is 1. The van der Waals surface area contributed by atoms with Gasteiger partial charge in [-0.25, -0.2) is 4.98 Å². The predicted molar refractivity (Wildman–Crippen MR) is 72.3 cm³/mol. The maximum Gasteiger partial charge on any atom is 0.267 e. The number of hydrogen-bond donors (Lipinski definition) is 0. The topological polar surface area (TPSA) is 70.2 Å². The van der Waals surface area contributed by atoms with E-state index in [1.165, 1.54) is 0 Å². The van der Waals surface area contributed by atoms with Crippen LogP contribution in [0.5, 0.6) is 0 Å². The van der Waals surface area contributed by atoms with Crippen molar-refractivity contribution in [3.05, 3.63) is 43.5 Å². The zero-order valence-corrected chi connectivity index (χ0v) is 12.2. The molecule has 2 heterocycles. The minimum atomic E-state index is -0.0700. The maximum absolute atomic E-state index is 12.0. The van der Waals surface area contributed by atoms with Crippen LogP contribution in [0.2, 0.25) is 0 Å². The van der Waals surface area contributed by atoms with Crippen molar-refractivity contribution in [2.24, 2.45) is 0 Å². The first-order valence-electron chi connectivity index (χ1n) is 5.27. The molecule has 2 aromatic heterocycles. The van der Waals surface area contributed by atoms with Crippen molar-refractivity contribution in [3.63, 3.8) is 0 Å². The largest absolute Gasteiger partial charge is 0.377 e. The molecule has 0 radical (unpaired) electrons. The van der Waals surface area contributed by atoms with Crippen LogP contribution in [0, 0.1) is 10.5 Å². The van der Waals surface area contributed by atoms with Gasteiger partial charge in [0, 0.05) is 19.4 Å². The van der Waals surface area contributed by atoms with E-state index in [-0.39, 0.29) is 5.56 Å². The van der Waals surface area contributed by atoms with Crippen LogP contribution in [0.25, 0.3) is 0 Å². The molecule has 0 unspecified atom stereocenters. The highest BCUT2D eigenvalue weighted by Gasteiger charge is 2.09. The zero-order chi connectivity index (χ0) is 13.1. The van der Waals surface area contributed by atoms with E-state index in [1.54, 1.807) is 30.9 Å². The Balaban J connectivity index is 2.28. The van der Waals surface area contributed by atoms with Gasteiger partial charge in [-0.05, 0) is 29.5 Å². The number of hydrogen-bond acceptors (Lipinski definition) is 5. The lowest BCUT2D eigenvalue weighted by Crippen LogP contribution is -2.26. The highest BCUT2D eigenvalue weighted by atomic mass is 127. The van der Waals surface area contributed by atoms with Gasteiger partial charge in [-0.2, -0.15) is 0 Å². The smallest absolute Gasteiger partial charge is 0.267 e. The van der Waals surface area contributed by atoms with Gasteiger partial charge in [0.05, 0.1) is 10.1 Å². The van der Waals surface area contributed by atoms with E-state index in [2.05, 4.69) is 10.1 Å². The zero-order valence-electron chi connectivity index (χ0n) is 10.0. The Labute approximate surface area is 117 Å². The van der Waals surface area contributed by atoms with Crippen LogP contribution in [0.1, 0.15) is 17.3 Å². The second-order valence-electron chi connectivity index (χ2n) is 3.76. The molecule has 0 saturated carbocycles. The van der Waals surface area contributed by atoms with Gasteiger partial charge in [0.1, 0.15) is 18.1 Å². The Morgan fingerprint density at radius 2 is 2.33 bits per heavy atom. The van der Waals surface area contributed by atoms with Gasteiger partial charge >= 0.3 is 0 Å². The highest BCUT2D eigenvalue weighted by Crippen LogP contribution is 2.07. The molecule has 2 aromatic rings. The first kappa shape index (κ1) is 13.2. The molecule has 0 saturated heterocycles. The van der Waals surface area contributed by atoms with Crippen molar-refractivity contribution in [2.45, 2.75) is 20.1 Å². The van der Waals surface area contributed by atoms with Gasteiger partial charge in [-0.1, -0.05) is 5.16 Å². The van der Waals surface area contributed by atoms with Crippen molar-refractivity contribution >= 4 is 22.6 Å². The molecule has 0 aromatic carbocycles. The van der Waals surface area contributed by atoms with Crippen molar-refractivity contribution in [2.75, 3.05) is 7.11 Å². The van der Waals surface area contributed by atoms with Gasteiger partial charge in [0.2, 0.25) is 0 Å². The average molecular weight is 361 g/mol. The second-order valence-corrected chi connectivity index (χ2v) is 4.92. The van der Waals surface area contributed by atoms with E-state index in [4.69, 9.17) is 9.26 Å². The number of methoxy groups -OCH3 is 1. The number of halogens is 1. The molecule has 0 aliphatic carbocycles. The first-order chi connectivity index (χ1) is 8.61. The average Bonchev–Trinajstić information content (AvgIpc) is 2.78. The van der Waals surface area contributed by atoms with Gasteiger partial charge in [0.25, 0.3) is 5.56 Å². The minimum absolute atomic E-state index is 0.0700. The van der Waals surface area contributed by atoms with Crippen LogP contribution in [0.4, 0.5) is 0 Å². The Hall–Kier alpha value is -1.22. The molecule has 6 nitrogen and oxygen atoms in total. The molecular formula is C11H12IN3O3. The van der Waals surface area contributed by atoms with E-state index in [0.717, 1.165) is 0 Å². The monoisotopic (exact) mass is 361 g/mol. The SMILES string of the molecule is COCc1cc(Cn2c(C)ncc(I)c2=O)no1. The van der Waals surface area contributed by atoms with Gasteiger partial charge in [0.15, 0.2) is 5.76 Å². The minimum Gasteiger partial charge on any atom is -0.377 e. The number of rotatable bonds is 4. The normalized spacial score (nSPS) is 10.8. The second kappa shape index (κ2) is 5.61. The Morgan fingerprint density at radius 1 is 1.56 bits per heavy atom. The molecule has 0 aliphatic rings. The third-order valence-electron chi connectivity index (χ3n) is 2.42. The lowest BCUT2D eigenvalue weighted by molar-refractivity contribution is 0.155. The summed E-state index contributed by atoms with van der Waals surface area (Å²) in [5.41, 5.74) is 0.607. The number of nitrogens with zero attached hydrogens (tertiary/aromatic N) is 3. The predicted octanol–water partition coefficient (Wildman–Crippen LogP) is 1.34. The van der Waals surface area contributed by atoms with E-state index in [1.807, 2.05) is 22.6 Å². The van der Waals surface area contributed by atoms with Crippen LogP contribution >= 0.6 is 22.6 Å². The molecule has 0 N–H and O–H groups in total. The Bertz CT molecular complexity index is 606. The van der Waals surface area contributed by atoms with Crippen LogP contribution in [-0.4, -0.2) is 21.8 Å². The molecule has 0 spiro atoms. The van der Waals surface area contributed by atoms with E-state index in [9.17, 15) is 4.79 Å². The summed E-state index contributed by atoms with van der Waals surface area (Å²) in [5.74, 6) is 1.29. The molecule has 0 bridgehead atoms. The van der Waals surface area contributed by atoms with E-state index < -0.39 is 0 Å². The third kappa shape index (κ3) is 2.78. The molecule has 18 heavy (non-hydrogen) atoms. The summed E-state index contributed by atoms with van der Waals surface area (Å²) in [5, 5.41) is 3.90. The summed E-state index contributed by atoms with van der Waals surface area (Å²) >= 11 is 1.97. The standard InChI is InChI=1S/C11H12IN3O3/c1-7-13-4-10(12)11(16)15(7)5-8-3-9(6-17-2)18-14-8/h3-4H,5-6H2,1-2H3. The fourth-order valence-corrected chi connectivity index (χ4v) is 1.97. The fraction of sp³-hybridized carbons (Fsp3) is 0.364. The van der Waals surface area contributed by atoms with Crippen molar-refractivity contribution in [3.8, 4) is 0 Å². The Morgan fingerprint density at radius 3 is 3.06 bits per heavy atom. The van der Waals surface area contributed by atoms with Crippen LogP contribution < -0.4 is 5.56 Å². The van der Waals surface area contributed by atoms with E-state index >= 15 is 0 Å². The molecule has 0 atom stereocenters. The third-order valence-corrected chi connectivity index (χ3v) is 3.16. The molecule has 0 amide bonds. The van der Waals surface area contributed by atoms with E-state index in [0.29, 0.717) is 34.0 Å². The maximum atomic E-state index is 12.0. The highest BCUT2D eigenvalue weighted by molar-refractivity contribution is 14.1. The summed E-state index contributed by atoms with van der Waals surface area (Å²) < 4.78 is 12.2. The lowest BCUT2D eigenvalue weighted by atomic mass is 10.3. The molecule has 0 fully saturated rings. The summed E-state index contributed by atoms with van der Waals surface area (Å²) in [6.07, 6.45) is 1.56. The van der Waals surface area contributed by atoms with Gasteiger partial charge < -0.3 is 9.26 Å². The Kier molecular flexibility index (Phi) is 4.12. The van der Waals surface area contributed by atoms with Crippen LogP contribution in [0.3, 0.4) is 0 Å².